The fourth-order valence-corrected chi connectivity index (χ4v) is 3.54. The highest BCUT2D eigenvalue weighted by Crippen LogP contribution is 2.21. The summed E-state index contributed by atoms with van der Waals surface area (Å²) in [7, 11) is 0. The smallest absolute Gasteiger partial charge is 0.273 e. The number of hydrogen-bond acceptors (Lipinski definition) is 4. The van der Waals surface area contributed by atoms with Crippen molar-refractivity contribution in [2.75, 3.05) is 13.1 Å². The number of fused-ring (bicyclic) bond motifs is 1. The number of aromatic nitrogens is 2. The van der Waals surface area contributed by atoms with Gasteiger partial charge in [0.05, 0.1) is 6.54 Å². The summed E-state index contributed by atoms with van der Waals surface area (Å²) in [6.07, 6.45) is 4.61. The number of ether oxygens (including phenoxy) is 1. The van der Waals surface area contributed by atoms with Crippen molar-refractivity contribution in [2.45, 2.75) is 19.1 Å². The third kappa shape index (κ3) is 2.94. The maximum atomic E-state index is 12.5. The zero-order chi connectivity index (χ0) is 15.6. The van der Waals surface area contributed by atoms with Crippen molar-refractivity contribution in [1.82, 2.24) is 14.5 Å². The second-order valence-electron chi connectivity index (χ2n) is 5.67. The first-order valence-corrected chi connectivity index (χ1v) is 8.55. The molecule has 4 rings (SSSR count). The molecule has 0 radical (unpaired) electrons. The van der Waals surface area contributed by atoms with E-state index in [-0.39, 0.29) is 12.0 Å². The monoisotopic (exact) mass is 327 g/mol. The summed E-state index contributed by atoms with van der Waals surface area (Å²) in [4.78, 5) is 18.6. The van der Waals surface area contributed by atoms with Crippen molar-refractivity contribution in [2.24, 2.45) is 0 Å². The Hall–Kier alpha value is -2.34. The van der Waals surface area contributed by atoms with Crippen LogP contribution in [-0.2, 0) is 11.3 Å². The zero-order valence-electron chi connectivity index (χ0n) is 12.6. The average Bonchev–Trinajstić information content (AvgIpc) is 3.29. The number of hydrogen-bond donors (Lipinski definition) is 0. The number of thiazole rings is 1. The molecule has 3 heterocycles. The molecule has 1 aliphatic heterocycles. The first kappa shape index (κ1) is 14.3. The van der Waals surface area contributed by atoms with Gasteiger partial charge in [-0.3, -0.25) is 4.79 Å². The highest BCUT2D eigenvalue weighted by Gasteiger charge is 2.28. The Morgan fingerprint density at radius 2 is 2.26 bits per heavy atom. The minimum absolute atomic E-state index is 0.0477. The van der Waals surface area contributed by atoms with Crippen molar-refractivity contribution in [3.8, 4) is 5.19 Å². The summed E-state index contributed by atoms with van der Waals surface area (Å²) in [6, 6.07) is 10.2. The topological polar surface area (TPSA) is 47.4 Å². The summed E-state index contributed by atoms with van der Waals surface area (Å²) < 4.78 is 7.81. The van der Waals surface area contributed by atoms with Gasteiger partial charge in [0, 0.05) is 36.3 Å². The van der Waals surface area contributed by atoms with E-state index in [1.54, 1.807) is 6.20 Å². The molecule has 0 bridgehead atoms. The van der Waals surface area contributed by atoms with Crippen LogP contribution >= 0.6 is 11.3 Å². The lowest BCUT2D eigenvalue weighted by molar-refractivity contribution is -0.131. The lowest BCUT2D eigenvalue weighted by atomic mass is 10.2. The first-order chi connectivity index (χ1) is 11.3. The van der Waals surface area contributed by atoms with Gasteiger partial charge < -0.3 is 14.2 Å². The maximum absolute atomic E-state index is 12.5. The van der Waals surface area contributed by atoms with Crippen molar-refractivity contribution in [3.05, 3.63) is 48.1 Å². The van der Waals surface area contributed by atoms with E-state index in [1.807, 2.05) is 45.3 Å². The maximum Gasteiger partial charge on any atom is 0.273 e. The van der Waals surface area contributed by atoms with Crippen LogP contribution < -0.4 is 4.74 Å². The molecule has 23 heavy (non-hydrogen) atoms. The van der Waals surface area contributed by atoms with Gasteiger partial charge in [0.15, 0.2) is 0 Å². The molecule has 3 aromatic rings. The minimum atomic E-state index is 0.0477. The quantitative estimate of drug-likeness (QED) is 0.740. The molecule has 1 aliphatic rings. The van der Waals surface area contributed by atoms with Crippen molar-refractivity contribution in [3.63, 3.8) is 0 Å². The molecule has 0 N–H and O–H groups in total. The fourth-order valence-electron chi connectivity index (χ4n) is 2.99. The van der Waals surface area contributed by atoms with Crippen molar-refractivity contribution >= 4 is 28.1 Å². The van der Waals surface area contributed by atoms with Crippen LogP contribution in [0.2, 0.25) is 0 Å². The molecule has 0 saturated carbocycles. The van der Waals surface area contributed by atoms with E-state index >= 15 is 0 Å². The number of likely N-dealkylation sites (tertiary alicyclic amines) is 1. The Balaban J connectivity index is 1.40. The summed E-state index contributed by atoms with van der Waals surface area (Å²) in [5.41, 5.74) is 1.09. The minimum Gasteiger partial charge on any atom is -0.465 e. The van der Waals surface area contributed by atoms with Gasteiger partial charge in [-0.25, -0.2) is 4.98 Å². The standard InChI is InChI=1S/C17H17N3O2S/c21-16(12-19-8-5-13-3-1-2-4-15(13)19)20-9-6-14(11-20)22-17-18-7-10-23-17/h1-5,7-8,10,14H,6,9,11-12H2. The second-order valence-corrected chi connectivity index (χ2v) is 6.53. The molecule has 1 saturated heterocycles. The van der Waals surface area contributed by atoms with E-state index in [0.717, 1.165) is 23.9 Å². The summed E-state index contributed by atoms with van der Waals surface area (Å²) in [6.45, 7) is 1.75. The molecule has 1 unspecified atom stereocenters. The largest absolute Gasteiger partial charge is 0.465 e. The Morgan fingerprint density at radius 3 is 3.13 bits per heavy atom. The number of benzene rings is 1. The Kier molecular flexibility index (Phi) is 3.75. The Morgan fingerprint density at radius 1 is 1.35 bits per heavy atom. The fraction of sp³-hybridized carbons (Fsp3) is 0.294. The number of carbonyl (C=O) groups excluding carboxylic acids is 1. The zero-order valence-corrected chi connectivity index (χ0v) is 13.4. The van der Waals surface area contributed by atoms with Crippen molar-refractivity contribution < 1.29 is 9.53 Å². The molecule has 6 heteroatoms. The summed E-state index contributed by atoms with van der Waals surface area (Å²) in [5, 5.41) is 3.73. The third-order valence-corrected chi connectivity index (χ3v) is 4.82. The van der Waals surface area contributed by atoms with Crippen molar-refractivity contribution in [1.29, 1.82) is 0 Å². The van der Waals surface area contributed by atoms with E-state index in [9.17, 15) is 4.79 Å². The Bertz CT molecular complexity index is 812. The van der Waals surface area contributed by atoms with Crippen LogP contribution in [0, 0.1) is 0 Å². The predicted molar refractivity (Wildman–Crippen MR) is 89.7 cm³/mol. The van der Waals surface area contributed by atoms with Gasteiger partial charge in [0.1, 0.15) is 12.6 Å². The first-order valence-electron chi connectivity index (χ1n) is 7.67. The number of amides is 1. The van der Waals surface area contributed by atoms with E-state index < -0.39 is 0 Å². The van der Waals surface area contributed by atoms with Crippen LogP contribution in [0.4, 0.5) is 0 Å². The summed E-state index contributed by atoms with van der Waals surface area (Å²) in [5.74, 6) is 0.136. The second kappa shape index (κ2) is 6.04. The normalized spacial score (nSPS) is 17.7. The van der Waals surface area contributed by atoms with Crippen LogP contribution in [0.3, 0.4) is 0 Å². The van der Waals surface area contributed by atoms with Gasteiger partial charge in [-0.15, -0.1) is 0 Å². The predicted octanol–water partition coefficient (Wildman–Crippen LogP) is 2.78. The number of para-hydroxylation sites is 1. The van der Waals surface area contributed by atoms with Crippen LogP contribution in [-0.4, -0.2) is 39.6 Å². The lowest BCUT2D eigenvalue weighted by Crippen LogP contribution is -2.33. The molecule has 118 valence electrons. The van der Waals surface area contributed by atoms with E-state index in [0.29, 0.717) is 18.3 Å². The molecule has 0 aliphatic carbocycles. The number of nitrogens with zero attached hydrogens (tertiary/aromatic N) is 3. The highest BCUT2D eigenvalue weighted by molar-refractivity contribution is 7.11. The van der Waals surface area contributed by atoms with Gasteiger partial charge in [-0.05, 0) is 17.5 Å². The van der Waals surface area contributed by atoms with Gasteiger partial charge >= 0.3 is 0 Å². The van der Waals surface area contributed by atoms with E-state index in [4.69, 9.17) is 4.74 Å². The molecule has 0 spiro atoms. The van der Waals surface area contributed by atoms with Gasteiger partial charge in [0.25, 0.3) is 5.19 Å². The van der Waals surface area contributed by atoms with Gasteiger partial charge in [0.2, 0.25) is 5.91 Å². The lowest BCUT2D eigenvalue weighted by Gasteiger charge is -2.17. The van der Waals surface area contributed by atoms with Crippen LogP contribution in [0.15, 0.2) is 48.1 Å². The number of rotatable bonds is 4. The molecule has 5 nitrogen and oxygen atoms in total. The van der Waals surface area contributed by atoms with Crippen LogP contribution in [0.5, 0.6) is 5.19 Å². The molecule has 1 atom stereocenters. The molecule has 1 aromatic carbocycles. The van der Waals surface area contributed by atoms with Crippen LogP contribution in [0.25, 0.3) is 10.9 Å². The third-order valence-electron chi connectivity index (χ3n) is 4.16. The Labute approximate surface area is 138 Å². The molecule has 1 fully saturated rings. The molecule has 2 aromatic heterocycles. The van der Waals surface area contributed by atoms with E-state index in [1.165, 1.54) is 11.3 Å². The molecular weight excluding hydrogens is 310 g/mol. The van der Waals surface area contributed by atoms with Crippen LogP contribution in [0.1, 0.15) is 6.42 Å². The SMILES string of the molecule is O=C(Cn1ccc2ccccc21)N1CCC(Oc2nccs2)C1. The molecule has 1 amide bonds. The number of carbonyl (C=O) groups is 1. The van der Waals surface area contributed by atoms with Gasteiger partial charge in [-0.1, -0.05) is 29.5 Å². The average molecular weight is 327 g/mol. The van der Waals surface area contributed by atoms with Gasteiger partial charge in [-0.2, -0.15) is 0 Å². The highest BCUT2D eigenvalue weighted by atomic mass is 32.1. The molecular formula is C17H17N3O2S. The summed E-state index contributed by atoms with van der Waals surface area (Å²) >= 11 is 1.48. The van der Waals surface area contributed by atoms with E-state index in [2.05, 4.69) is 11.1 Å².